The van der Waals surface area contributed by atoms with Gasteiger partial charge in [-0.25, -0.2) is 0 Å². The van der Waals surface area contributed by atoms with E-state index in [9.17, 15) is 4.79 Å². The molecule has 0 amide bonds. The molecule has 0 fully saturated rings. The number of hydrogen-bond donors (Lipinski definition) is 0. The Hall–Kier alpha value is -1.88. The van der Waals surface area contributed by atoms with Crippen molar-refractivity contribution in [3.8, 4) is 0 Å². The molecule has 2 rings (SSSR count). The normalized spacial score (nSPS) is 12.1. The van der Waals surface area contributed by atoms with E-state index in [1.165, 1.54) is 17.3 Å². The number of aryl methyl sites for hydroxylation is 2. The lowest BCUT2D eigenvalue weighted by Crippen LogP contribution is -2.15. The van der Waals surface area contributed by atoms with Crippen LogP contribution in [-0.4, -0.2) is 25.8 Å². The Morgan fingerprint density at radius 1 is 1.36 bits per heavy atom. The molecule has 0 bridgehead atoms. The third-order valence-electron chi connectivity index (χ3n) is 3.51. The zero-order valence-corrected chi connectivity index (χ0v) is 14.1. The Bertz CT molecular complexity index is 661. The molecule has 2 aromatic rings. The molecule has 1 heterocycles. The summed E-state index contributed by atoms with van der Waals surface area (Å²) in [5.41, 5.74) is 1.97. The second-order valence-corrected chi connectivity index (χ2v) is 6.41. The fraction of sp³-hybridized carbons (Fsp3) is 0.353. The lowest BCUT2D eigenvalue weighted by molar-refractivity contribution is 0.0994. The number of Topliss-reactive ketones (excluding diaryl/α,β-unsaturated/α-hetero) is 1. The van der Waals surface area contributed by atoms with Gasteiger partial charge in [0.25, 0.3) is 0 Å². The predicted molar refractivity (Wildman–Crippen MR) is 90.4 cm³/mol. The number of benzene rings is 1. The Morgan fingerprint density at radius 2 is 2.05 bits per heavy atom. The van der Waals surface area contributed by atoms with Gasteiger partial charge in [-0.1, -0.05) is 49.0 Å². The van der Waals surface area contributed by atoms with Crippen LogP contribution in [0.3, 0.4) is 0 Å². The average Bonchev–Trinajstić information content (AvgIpc) is 2.88. The van der Waals surface area contributed by atoms with Crippen LogP contribution in [0.15, 0.2) is 42.1 Å². The minimum absolute atomic E-state index is 0.110. The fourth-order valence-corrected chi connectivity index (χ4v) is 3.12. The van der Waals surface area contributed by atoms with Gasteiger partial charge in [0, 0.05) is 12.1 Å². The number of carbonyl (C=O) groups excluding carboxylic acids is 1. The van der Waals surface area contributed by atoms with Gasteiger partial charge in [-0.2, -0.15) is 0 Å². The number of allylic oxidation sites excluding steroid dienone is 1. The fourth-order valence-electron chi connectivity index (χ4n) is 2.14. The van der Waals surface area contributed by atoms with E-state index in [2.05, 4.69) is 23.7 Å². The van der Waals surface area contributed by atoms with Crippen molar-refractivity contribution in [1.29, 1.82) is 0 Å². The highest BCUT2D eigenvalue weighted by Gasteiger charge is 2.20. The lowest BCUT2D eigenvalue weighted by Gasteiger charge is -2.11. The highest BCUT2D eigenvalue weighted by Crippen LogP contribution is 2.25. The van der Waals surface area contributed by atoms with E-state index in [4.69, 9.17) is 0 Å². The molecule has 0 aliphatic rings. The second-order valence-electron chi connectivity index (χ2n) is 5.10. The Kier molecular flexibility index (Phi) is 5.55. The summed E-state index contributed by atoms with van der Waals surface area (Å²) in [4.78, 5) is 12.5. The van der Waals surface area contributed by atoms with Gasteiger partial charge in [0.1, 0.15) is 5.82 Å². The molecule has 4 nitrogen and oxygen atoms in total. The minimum atomic E-state index is -0.209. The highest BCUT2D eigenvalue weighted by molar-refractivity contribution is 8.00. The molecular formula is C17H21N3OS. The number of ketones is 1. The van der Waals surface area contributed by atoms with Crippen molar-refractivity contribution in [3.05, 3.63) is 53.9 Å². The van der Waals surface area contributed by atoms with Crippen LogP contribution in [0.2, 0.25) is 0 Å². The standard InChI is InChI=1S/C17H21N3OS/c1-5-11-20-13(4)18-19-17(20)22-12(3)16(21)15-9-7-14(6-2)8-10-15/h5,7-10,12H,1,6,11H2,2-4H3. The zero-order valence-electron chi connectivity index (χ0n) is 13.2. The molecule has 5 heteroatoms. The Morgan fingerprint density at radius 3 is 2.64 bits per heavy atom. The molecule has 22 heavy (non-hydrogen) atoms. The Labute approximate surface area is 135 Å². The molecular weight excluding hydrogens is 294 g/mol. The summed E-state index contributed by atoms with van der Waals surface area (Å²) in [6.45, 7) is 10.3. The van der Waals surface area contributed by atoms with Crippen LogP contribution in [0.25, 0.3) is 0 Å². The van der Waals surface area contributed by atoms with E-state index in [1.54, 1.807) is 6.08 Å². The molecule has 1 atom stereocenters. The van der Waals surface area contributed by atoms with Crippen molar-refractivity contribution in [2.45, 2.75) is 44.1 Å². The van der Waals surface area contributed by atoms with Crippen LogP contribution in [0, 0.1) is 6.92 Å². The first-order valence-corrected chi connectivity index (χ1v) is 8.25. The average molecular weight is 315 g/mol. The van der Waals surface area contributed by atoms with E-state index in [-0.39, 0.29) is 11.0 Å². The Balaban J connectivity index is 2.12. The first-order valence-electron chi connectivity index (χ1n) is 7.37. The summed E-state index contributed by atoms with van der Waals surface area (Å²) < 4.78 is 1.96. The van der Waals surface area contributed by atoms with Crippen molar-refractivity contribution in [2.24, 2.45) is 0 Å². The summed E-state index contributed by atoms with van der Waals surface area (Å²) in [6, 6.07) is 7.82. The van der Waals surface area contributed by atoms with Gasteiger partial charge < -0.3 is 4.57 Å². The second kappa shape index (κ2) is 7.40. The number of rotatable bonds is 7. The molecule has 1 aromatic heterocycles. The number of hydrogen-bond acceptors (Lipinski definition) is 4. The largest absolute Gasteiger partial charge is 0.302 e. The van der Waals surface area contributed by atoms with Crippen LogP contribution in [0.4, 0.5) is 0 Å². The number of carbonyl (C=O) groups is 1. The number of thioether (sulfide) groups is 1. The smallest absolute Gasteiger partial charge is 0.192 e. The molecule has 0 radical (unpaired) electrons. The molecule has 1 unspecified atom stereocenters. The van der Waals surface area contributed by atoms with Gasteiger partial charge in [-0.05, 0) is 25.8 Å². The summed E-state index contributed by atoms with van der Waals surface area (Å²) in [7, 11) is 0. The molecule has 0 saturated carbocycles. The predicted octanol–water partition coefficient (Wildman–Crippen LogP) is 3.70. The van der Waals surface area contributed by atoms with Gasteiger partial charge in [0.15, 0.2) is 10.9 Å². The van der Waals surface area contributed by atoms with Gasteiger partial charge in [0.2, 0.25) is 0 Å². The molecule has 0 spiro atoms. The summed E-state index contributed by atoms with van der Waals surface area (Å²) in [6.07, 6.45) is 2.78. The molecule has 0 aliphatic carbocycles. The van der Waals surface area contributed by atoms with E-state index in [0.29, 0.717) is 6.54 Å². The molecule has 0 aliphatic heterocycles. The maximum absolute atomic E-state index is 12.5. The zero-order chi connectivity index (χ0) is 16.1. The quantitative estimate of drug-likeness (QED) is 0.444. The SMILES string of the molecule is C=CCn1c(C)nnc1SC(C)C(=O)c1ccc(CC)cc1. The number of nitrogens with zero attached hydrogens (tertiary/aromatic N) is 3. The molecule has 1 aromatic carbocycles. The maximum atomic E-state index is 12.5. The van der Waals surface area contributed by atoms with Crippen molar-refractivity contribution < 1.29 is 4.79 Å². The van der Waals surface area contributed by atoms with Crippen LogP contribution in [-0.2, 0) is 13.0 Å². The summed E-state index contributed by atoms with van der Waals surface area (Å²) in [5.74, 6) is 0.938. The van der Waals surface area contributed by atoms with Crippen LogP contribution < -0.4 is 0 Å². The van der Waals surface area contributed by atoms with Crippen LogP contribution in [0.5, 0.6) is 0 Å². The van der Waals surface area contributed by atoms with E-state index >= 15 is 0 Å². The maximum Gasteiger partial charge on any atom is 0.192 e. The number of aromatic nitrogens is 3. The van der Waals surface area contributed by atoms with E-state index in [1.807, 2.05) is 42.7 Å². The molecule has 0 saturated heterocycles. The monoisotopic (exact) mass is 315 g/mol. The van der Waals surface area contributed by atoms with Gasteiger partial charge in [0.05, 0.1) is 5.25 Å². The van der Waals surface area contributed by atoms with Gasteiger partial charge >= 0.3 is 0 Å². The van der Waals surface area contributed by atoms with Gasteiger partial charge in [-0.3, -0.25) is 4.79 Å². The van der Waals surface area contributed by atoms with Crippen LogP contribution >= 0.6 is 11.8 Å². The van der Waals surface area contributed by atoms with Crippen molar-refractivity contribution in [3.63, 3.8) is 0 Å². The lowest BCUT2D eigenvalue weighted by atomic mass is 10.1. The minimum Gasteiger partial charge on any atom is -0.302 e. The van der Waals surface area contributed by atoms with Gasteiger partial charge in [-0.15, -0.1) is 16.8 Å². The molecule has 116 valence electrons. The van der Waals surface area contributed by atoms with Crippen LogP contribution in [0.1, 0.15) is 35.6 Å². The van der Waals surface area contributed by atoms with Crippen molar-refractivity contribution in [1.82, 2.24) is 14.8 Å². The van der Waals surface area contributed by atoms with E-state index < -0.39 is 0 Å². The first kappa shape index (κ1) is 16.5. The van der Waals surface area contributed by atoms with Crippen molar-refractivity contribution in [2.75, 3.05) is 0 Å². The molecule has 0 N–H and O–H groups in total. The third-order valence-corrected chi connectivity index (χ3v) is 4.59. The summed E-state index contributed by atoms with van der Waals surface area (Å²) >= 11 is 1.44. The van der Waals surface area contributed by atoms with E-state index in [0.717, 1.165) is 23.0 Å². The third kappa shape index (κ3) is 3.65. The first-order chi connectivity index (χ1) is 10.6. The summed E-state index contributed by atoms with van der Waals surface area (Å²) in [5, 5.41) is 8.77. The van der Waals surface area contributed by atoms with Crippen molar-refractivity contribution >= 4 is 17.5 Å². The topological polar surface area (TPSA) is 47.8 Å². The highest BCUT2D eigenvalue weighted by atomic mass is 32.2.